The average Bonchev–Trinajstić information content (AvgIpc) is 3.48. The molecule has 0 aliphatic carbocycles. The molecule has 1 amide bonds. The SMILES string of the molecule is COC(CNNC(=O)[C@@]1(Cc2ccccc2)N=C(c2ccc(OCCCO)cc2)O[C@H]1c1ccc(-c2ccccc2)cc1)OC. The minimum Gasteiger partial charge on any atom is -0.494 e. The Hall–Kier alpha value is -4.54. The summed E-state index contributed by atoms with van der Waals surface area (Å²) in [5.41, 5.74) is 9.07. The van der Waals surface area contributed by atoms with Crippen LogP contribution in [-0.4, -0.2) is 62.7 Å². The van der Waals surface area contributed by atoms with E-state index in [2.05, 4.69) is 23.0 Å². The first kappa shape index (κ1) is 31.9. The van der Waals surface area contributed by atoms with Gasteiger partial charge in [0.2, 0.25) is 5.90 Å². The third kappa shape index (κ3) is 7.76. The highest BCUT2D eigenvalue weighted by Crippen LogP contribution is 2.43. The van der Waals surface area contributed by atoms with Crippen molar-refractivity contribution in [2.24, 2.45) is 4.99 Å². The molecule has 4 aromatic carbocycles. The lowest BCUT2D eigenvalue weighted by Crippen LogP contribution is -2.55. The average molecular weight is 610 g/mol. The Bertz CT molecular complexity index is 1530. The van der Waals surface area contributed by atoms with Gasteiger partial charge in [-0.3, -0.25) is 10.2 Å². The minimum atomic E-state index is -1.36. The lowest BCUT2D eigenvalue weighted by atomic mass is 9.82. The number of amides is 1. The van der Waals surface area contributed by atoms with E-state index in [0.717, 1.165) is 22.3 Å². The van der Waals surface area contributed by atoms with Gasteiger partial charge in [0, 0.05) is 39.2 Å². The fourth-order valence-corrected chi connectivity index (χ4v) is 5.26. The molecule has 0 fully saturated rings. The smallest absolute Gasteiger partial charge is 0.266 e. The molecule has 9 nitrogen and oxygen atoms in total. The third-order valence-corrected chi connectivity index (χ3v) is 7.66. The second-order valence-corrected chi connectivity index (χ2v) is 10.7. The van der Waals surface area contributed by atoms with Crippen LogP contribution in [0.4, 0.5) is 0 Å². The van der Waals surface area contributed by atoms with E-state index in [1.807, 2.05) is 97.1 Å². The zero-order valence-electron chi connectivity index (χ0n) is 25.5. The van der Waals surface area contributed by atoms with Gasteiger partial charge in [-0.25, -0.2) is 10.4 Å². The molecule has 5 rings (SSSR count). The highest BCUT2D eigenvalue weighted by atomic mass is 16.7. The van der Waals surface area contributed by atoms with Crippen molar-refractivity contribution in [3.05, 3.63) is 126 Å². The van der Waals surface area contributed by atoms with Crippen LogP contribution in [0.25, 0.3) is 11.1 Å². The number of carbonyl (C=O) groups excluding carboxylic acids is 1. The van der Waals surface area contributed by atoms with Crippen molar-refractivity contribution in [3.63, 3.8) is 0 Å². The van der Waals surface area contributed by atoms with Crippen LogP contribution in [0.2, 0.25) is 0 Å². The molecular weight excluding hydrogens is 570 g/mol. The summed E-state index contributed by atoms with van der Waals surface area (Å²) < 4.78 is 22.9. The zero-order chi connectivity index (χ0) is 31.5. The Labute approximate surface area is 263 Å². The molecule has 1 aliphatic heterocycles. The standard InChI is InChI=1S/C36H39N3O6/c1-42-32(43-2)25-37-39-35(41)36(24-26-10-5-3-6-11-26)33(29-16-14-28(15-17-29)27-12-7-4-8-13-27)45-34(38-36)30-18-20-31(21-19-30)44-23-9-22-40/h3-8,10-21,32-33,37,40H,9,22-25H2,1-2H3,(H,39,41)/t33-,36-/m0/s1. The van der Waals surface area contributed by atoms with E-state index >= 15 is 0 Å². The molecule has 1 aliphatic rings. The Morgan fingerprint density at radius 1 is 0.867 bits per heavy atom. The molecule has 234 valence electrons. The number of hydrazine groups is 1. The van der Waals surface area contributed by atoms with Crippen molar-refractivity contribution in [1.29, 1.82) is 0 Å². The fourth-order valence-electron chi connectivity index (χ4n) is 5.26. The third-order valence-electron chi connectivity index (χ3n) is 7.66. The van der Waals surface area contributed by atoms with Crippen molar-refractivity contribution < 1.29 is 28.8 Å². The summed E-state index contributed by atoms with van der Waals surface area (Å²) in [6.07, 6.45) is -0.451. The number of methoxy groups -OCH3 is 2. The fraction of sp³-hybridized carbons (Fsp3) is 0.278. The molecule has 2 atom stereocenters. The van der Waals surface area contributed by atoms with Gasteiger partial charge in [0.1, 0.15) is 5.75 Å². The maximum atomic E-state index is 14.3. The molecule has 0 aromatic heterocycles. The van der Waals surface area contributed by atoms with Gasteiger partial charge in [-0.1, -0.05) is 84.9 Å². The number of hydrogen-bond donors (Lipinski definition) is 3. The van der Waals surface area contributed by atoms with Gasteiger partial charge in [-0.2, -0.15) is 0 Å². The molecule has 1 heterocycles. The van der Waals surface area contributed by atoms with Crippen LogP contribution in [0.15, 0.2) is 114 Å². The summed E-state index contributed by atoms with van der Waals surface area (Å²) in [6, 6.07) is 35.4. The number of nitrogens with zero attached hydrogens (tertiary/aromatic N) is 1. The summed E-state index contributed by atoms with van der Waals surface area (Å²) >= 11 is 0. The van der Waals surface area contributed by atoms with Gasteiger partial charge < -0.3 is 24.1 Å². The highest BCUT2D eigenvalue weighted by Gasteiger charge is 2.53. The molecular formula is C36H39N3O6. The van der Waals surface area contributed by atoms with Gasteiger partial charge >= 0.3 is 0 Å². The van der Waals surface area contributed by atoms with Crippen LogP contribution in [0.3, 0.4) is 0 Å². The van der Waals surface area contributed by atoms with Gasteiger partial charge in [0.15, 0.2) is 17.9 Å². The number of rotatable bonds is 15. The van der Waals surface area contributed by atoms with E-state index in [9.17, 15) is 4.79 Å². The number of carbonyl (C=O) groups is 1. The Balaban J connectivity index is 1.52. The van der Waals surface area contributed by atoms with E-state index in [1.165, 1.54) is 14.2 Å². The van der Waals surface area contributed by atoms with Crippen molar-refractivity contribution in [3.8, 4) is 16.9 Å². The van der Waals surface area contributed by atoms with Gasteiger partial charge in [0.25, 0.3) is 5.91 Å². The first-order chi connectivity index (χ1) is 22.1. The molecule has 3 N–H and O–H groups in total. The Morgan fingerprint density at radius 3 is 2.13 bits per heavy atom. The maximum Gasteiger partial charge on any atom is 0.266 e. The molecule has 9 heteroatoms. The van der Waals surface area contributed by atoms with Crippen molar-refractivity contribution >= 4 is 11.8 Å². The quantitative estimate of drug-likeness (QED) is 0.100. The van der Waals surface area contributed by atoms with E-state index in [0.29, 0.717) is 30.2 Å². The van der Waals surface area contributed by atoms with Crippen LogP contribution in [-0.2, 0) is 25.4 Å². The number of aliphatic hydroxyl groups excluding tert-OH is 1. The molecule has 4 aromatic rings. The summed E-state index contributed by atoms with van der Waals surface area (Å²) in [5, 5.41) is 9.07. The van der Waals surface area contributed by atoms with Gasteiger partial charge in [-0.15, -0.1) is 0 Å². The number of aliphatic imine (C=N–C) groups is 1. The Morgan fingerprint density at radius 2 is 1.49 bits per heavy atom. The highest BCUT2D eigenvalue weighted by molar-refractivity contribution is 6.01. The maximum absolute atomic E-state index is 14.3. The summed E-state index contributed by atoms with van der Waals surface area (Å²) in [7, 11) is 3.07. The predicted octanol–water partition coefficient (Wildman–Crippen LogP) is 4.85. The molecule has 45 heavy (non-hydrogen) atoms. The van der Waals surface area contributed by atoms with Gasteiger partial charge in [0.05, 0.1) is 13.2 Å². The van der Waals surface area contributed by atoms with Crippen LogP contribution in [0, 0.1) is 0 Å². The topological polar surface area (TPSA) is 111 Å². The molecule has 0 radical (unpaired) electrons. The summed E-state index contributed by atoms with van der Waals surface area (Å²) in [5.74, 6) is 0.669. The number of hydrogen-bond acceptors (Lipinski definition) is 8. The molecule has 0 saturated heterocycles. The number of benzene rings is 4. The van der Waals surface area contributed by atoms with Gasteiger partial charge in [-0.05, 0) is 46.5 Å². The Kier molecular flexibility index (Phi) is 10.9. The zero-order valence-corrected chi connectivity index (χ0v) is 25.5. The normalized spacial score (nSPS) is 17.5. The molecule has 0 unspecified atom stereocenters. The van der Waals surface area contributed by atoms with Crippen LogP contribution in [0.5, 0.6) is 5.75 Å². The predicted molar refractivity (Wildman–Crippen MR) is 173 cm³/mol. The molecule has 0 bridgehead atoms. The van der Waals surface area contributed by atoms with E-state index in [-0.39, 0.29) is 25.5 Å². The second-order valence-electron chi connectivity index (χ2n) is 10.7. The second kappa shape index (κ2) is 15.5. The van der Waals surface area contributed by atoms with Crippen molar-refractivity contribution in [2.45, 2.75) is 30.8 Å². The van der Waals surface area contributed by atoms with E-state index in [1.54, 1.807) is 0 Å². The molecule has 0 saturated carbocycles. The van der Waals surface area contributed by atoms with Crippen molar-refractivity contribution in [2.75, 3.05) is 34.0 Å². The number of nitrogens with one attached hydrogen (secondary N) is 2. The van der Waals surface area contributed by atoms with E-state index < -0.39 is 17.9 Å². The van der Waals surface area contributed by atoms with Crippen LogP contribution in [0.1, 0.15) is 29.2 Å². The monoisotopic (exact) mass is 609 g/mol. The summed E-state index contributed by atoms with van der Waals surface area (Å²) in [6.45, 7) is 0.703. The number of ether oxygens (including phenoxy) is 4. The largest absolute Gasteiger partial charge is 0.494 e. The molecule has 0 spiro atoms. The summed E-state index contributed by atoms with van der Waals surface area (Å²) in [4.78, 5) is 19.4. The van der Waals surface area contributed by atoms with E-state index in [4.69, 9.17) is 29.0 Å². The minimum absolute atomic E-state index is 0.0639. The van der Waals surface area contributed by atoms with Crippen LogP contribution >= 0.6 is 0 Å². The lowest BCUT2D eigenvalue weighted by molar-refractivity contribution is -0.131. The van der Waals surface area contributed by atoms with Crippen LogP contribution < -0.4 is 15.6 Å². The lowest BCUT2D eigenvalue weighted by Gasteiger charge is -2.31. The van der Waals surface area contributed by atoms with Crippen molar-refractivity contribution in [1.82, 2.24) is 10.9 Å². The first-order valence-corrected chi connectivity index (χ1v) is 14.9. The first-order valence-electron chi connectivity index (χ1n) is 14.9. The number of aliphatic hydroxyl groups is 1.